The van der Waals surface area contributed by atoms with Gasteiger partial charge in [-0.15, -0.1) is 4.83 Å². The predicted octanol–water partition coefficient (Wildman–Crippen LogP) is 2.64. The van der Waals surface area contributed by atoms with Crippen molar-refractivity contribution in [2.24, 2.45) is 0 Å². The lowest BCUT2D eigenvalue weighted by atomic mass is 10.1. The van der Waals surface area contributed by atoms with Gasteiger partial charge in [0.15, 0.2) is 11.5 Å². The van der Waals surface area contributed by atoms with E-state index in [0.29, 0.717) is 5.75 Å². The molecule has 0 aliphatic carbocycles. The molecule has 1 amide bonds. The van der Waals surface area contributed by atoms with Crippen molar-refractivity contribution in [3.05, 3.63) is 45.9 Å². The lowest BCUT2D eigenvalue weighted by Crippen LogP contribution is -2.41. The lowest BCUT2D eigenvalue weighted by molar-refractivity contribution is 0.0944. The van der Waals surface area contributed by atoms with E-state index in [9.17, 15) is 13.2 Å². The summed E-state index contributed by atoms with van der Waals surface area (Å²) < 4.78 is 40.2. The molecule has 8 nitrogen and oxygen atoms in total. The van der Waals surface area contributed by atoms with Gasteiger partial charge >= 0.3 is 0 Å². The maximum absolute atomic E-state index is 12.4. The maximum Gasteiger partial charge on any atom is 0.266 e. The number of ether oxygens (including phenoxy) is 3. The fourth-order valence-corrected chi connectivity index (χ4v) is 3.75. The summed E-state index contributed by atoms with van der Waals surface area (Å²) in [6, 6.07) is 6.86. The third kappa shape index (κ3) is 4.56. The number of methoxy groups -OCH3 is 3. The number of hydrazine groups is 1. The van der Waals surface area contributed by atoms with Gasteiger partial charge in [0.05, 0.1) is 31.4 Å². The van der Waals surface area contributed by atoms with Crippen molar-refractivity contribution in [3.63, 3.8) is 0 Å². The van der Waals surface area contributed by atoms with Gasteiger partial charge in [0, 0.05) is 5.56 Å². The van der Waals surface area contributed by atoms with Crippen LogP contribution in [0.4, 0.5) is 0 Å². The predicted molar refractivity (Wildman–Crippen MR) is 100 cm³/mol. The van der Waals surface area contributed by atoms with E-state index in [2.05, 4.69) is 5.43 Å². The molecule has 11 heteroatoms. The molecular formula is C16H16Cl2N2O6S. The molecule has 0 bridgehead atoms. The molecule has 0 radical (unpaired) electrons. The first-order valence-corrected chi connectivity index (χ1v) is 9.55. The minimum absolute atomic E-state index is 0.0653. The van der Waals surface area contributed by atoms with Crippen molar-refractivity contribution in [2.45, 2.75) is 4.90 Å². The molecule has 0 atom stereocenters. The van der Waals surface area contributed by atoms with E-state index < -0.39 is 15.9 Å². The van der Waals surface area contributed by atoms with Crippen molar-refractivity contribution >= 4 is 39.1 Å². The summed E-state index contributed by atoms with van der Waals surface area (Å²) in [6.07, 6.45) is 0. The highest BCUT2D eigenvalue weighted by atomic mass is 35.5. The SMILES string of the molecule is COc1cc(C(=O)NNS(=O)(=O)c2cccc(Cl)c2Cl)cc(OC)c1OC. The molecule has 0 spiro atoms. The number of hydrogen-bond donors (Lipinski definition) is 2. The molecule has 2 rings (SSSR count). The van der Waals surface area contributed by atoms with E-state index in [4.69, 9.17) is 37.4 Å². The van der Waals surface area contributed by atoms with E-state index in [1.54, 1.807) is 0 Å². The molecule has 0 aromatic heterocycles. The Morgan fingerprint density at radius 1 is 1.00 bits per heavy atom. The van der Waals surface area contributed by atoms with E-state index in [1.807, 2.05) is 4.83 Å². The number of hydrogen-bond acceptors (Lipinski definition) is 6. The fraction of sp³-hybridized carbons (Fsp3) is 0.188. The van der Waals surface area contributed by atoms with Gasteiger partial charge in [0.2, 0.25) is 5.75 Å². The van der Waals surface area contributed by atoms with Crippen LogP contribution < -0.4 is 24.5 Å². The van der Waals surface area contributed by atoms with Gasteiger partial charge in [-0.2, -0.15) is 0 Å². The monoisotopic (exact) mass is 434 g/mol. The highest BCUT2D eigenvalue weighted by Crippen LogP contribution is 2.38. The van der Waals surface area contributed by atoms with E-state index in [0.717, 1.165) is 0 Å². The molecule has 0 unspecified atom stereocenters. The van der Waals surface area contributed by atoms with Crippen molar-refractivity contribution in [1.29, 1.82) is 0 Å². The average Bonchev–Trinajstić information content (AvgIpc) is 2.66. The Bertz CT molecular complexity index is 940. The molecule has 0 aliphatic rings. The molecule has 0 saturated heterocycles. The van der Waals surface area contributed by atoms with Crippen LogP contribution in [0.15, 0.2) is 35.2 Å². The molecule has 0 saturated carbocycles. The van der Waals surface area contributed by atoms with Crippen LogP contribution in [-0.2, 0) is 10.0 Å². The highest BCUT2D eigenvalue weighted by Gasteiger charge is 2.22. The normalized spacial score (nSPS) is 11.0. The van der Waals surface area contributed by atoms with Crippen molar-refractivity contribution in [3.8, 4) is 17.2 Å². The first-order chi connectivity index (χ1) is 12.7. The third-order valence-corrected chi connectivity index (χ3v) is 5.65. The number of carbonyl (C=O) groups excluding carboxylic acids is 1. The lowest BCUT2D eigenvalue weighted by Gasteiger charge is -2.14. The molecule has 2 N–H and O–H groups in total. The summed E-state index contributed by atoms with van der Waals surface area (Å²) in [5, 5.41) is -0.0933. The Balaban J connectivity index is 2.26. The average molecular weight is 435 g/mol. The van der Waals surface area contributed by atoms with E-state index >= 15 is 0 Å². The summed E-state index contributed by atoms with van der Waals surface area (Å²) in [6.45, 7) is 0. The minimum Gasteiger partial charge on any atom is -0.493 e. The second kappa shape index (κ2) is 8.66. The van der Waals surface area contributed by atoms with Gasteiger partial charge in [0.25, 0.3) is 15.9 Å². The van der Waals surface area contributed by atoms with Gasteiger partial charge in [-0.25, -0.2) is 8.42 Å². The van der Waals surface area contributed by atoms with Gasteiger partial charge in [-0.05, 0) is 24.3 Å². The Hall–Kier alpha value is -2.20. The topological polar surface area (TPSA) is 103 Å². The quantitative estimate of drug-likeness (QED) is 0.649. The Morgan fingerprint density at radius 2 is 1.59 bits per heavy atom. The zero-order valence-electron chi connectivity index (χ0n) is 14.5. The van der Waals surface area contributed by atoms with E-state index in [1.165, 1.54) is 51.7 Å². The van der Waals surface area contributed by atoms with Crippen LogP contribution >= 0.6 is 23.2 Å². The number of rotatable bonds is 7. The summed E-state index contributed by atoms with van der Waals surface area (Å²) in [4.78, 5) is 14.0. The molecule has 27 heavy (non-hydrogen) atoms. The smallest absolute Gasteiger partial charge is 0.266 e. The molecule has 0 heterocycles. The highest BCUT2D eigenvalue weighted by molar-refractivity contribution is 7.89. The maximum atomic E-state index is 12.4. The second-order valence-corrected chi connectivity index (χ2v) is 7.46. The van der Waals surface area contributed by atoms with Crippen molar-refractivity contribution < 1.29 is 27.4 Å². The molecule has 2 aromatic rings. The summed E-state index contributed by atoms with van der Waals surface area (Å²) in [5.74, 6) is 0.0179. The van der Waals surface area contributed by atoms with Crippen molar-refractivity contribution in [1.82, 2.24) is 10.3 Å². The molecular weight excluding hydrogens is 419 g/mol. The van der Waals surface area contributed by atoms with Gasteiger partial charge < -0.3 is 14.2 Å². The number of sulfonamides is 1. The van der Waals surface area contributed by atoms with E-state index in [-0.39, 0.29) is 32.0 Å². The number of benzene rings is 2. The number of halogens is 2. The summed E-state index contributed by atoms with van der Waals surface area (Å²) in [5.41, 5.74) is 2.17. The zero-order valence-corrected chi connectivity index (χ0v) is 16.8. The number of amides is 1. The van der Waals surface area contributed by atoms with Crippen LogP contribution in [0.5, 0.6) is 17.2 Å². The molecule has 146 valence electrons. The van der Waals surface area contributed by atoms with Gasteiger partial charge in [-0.1, -0.05) is 29.3 Å². The van der Waals surface area contributed by atoms with Crippen LogP contribution in [0.1, 0.15) is 10.4 Å². The fourth-order valence-electron chi connectivity index (χ4n) is 2.14. The minimum atomic E-state index is -4.15. The van der Waals surface area contributed by atoms with Crippen molar-refractivity contribution in [2.75, 3.05) is 21.3 Å². The largest absolute Gasteiger partial charge is 0.493 e. The first-order valence-electron chi connectivity index (χ1n) is 7.31. The summed E-state index contributed by atoms with van der Waals surface area (Å²) >= 11 is 11.7. The van der Waals surface area contributed by atoms with Crippen LogP contribution in [0, 0.1) is 0 Å². The van der Waals surface area contributed by atoms with Crippen LogP contribution in [0.25, 0.3) is 0 Å². The number of nitrogens with one attached hydrogen (secondary N) is 2. The second-order valence-electron chi connectivity index (χ2n) is 5.03. The van der Waals surface area contributed by atoms with Gasteiger partial charge in [0.1, 0.15) is 4.90 Å². The summed E-state index contributed by atoms with van der Waals surface area (Å²) in [7, 11) is 0.0568. The van der Waals surface area contributed by atoms with Crippen LogP contribution in [-0.4, -0.2) is 35.7 Å². The van der Waals surface area contributed by atoms with Crippen LogP contribution in [0.2, 0.25) is 10.0 Å². The molecule has 0 aliphatic heterocycles. The Kier molecular flexibility index (Phi) is 6.77. The standard InChI is InChI=1S/C16H16Cl2N2O6S/c1-24-11-7-9(8-12(25-2)15(11)26-3)16(21)19-20-27(22,23)13-6-4-5-10(17)14(13)18/h4-8,20H,1-3H3,(H,19,21). The number of carbonyl (C=O) groups is 1. The third-order valence-electron chi connectivity index (χ3n) is 3.43. The van der Waals surface area contributed by atoms with Gasteiger partial charge in [-0.3, -0.25) is 10.2 Å². The van der Waals surface area contributed by atoms with Crippen LogP contribution in [0.3, 0.4) is 0 Å². The zero-order chi connectivity index (χ0) is 20.2. The molecule has 0 fully saturated rings. The molecule has 2 aromatic carbocycles. The Labute approximate surface area is 166 Å². The first kappa shape index (κ1) is 21.1. The Morgan fingerprint density at radius 3 is 2.11 bits per heavy atom.